The molecule has 3 heteroatoms. The second-order valence-electron chi connectivity index (χ2n) is 4.25. The molecule has 0 saturated heterocycles. The molecule has 0 aromatic heterocycles. The number of rotatable bonds is 6. The van der Waals surface area contributed by atoms with Crippen LogP contribution in [0.25, 0.3) is 0 Å². The van der Waals surface area contributed by atoms with E-state index in [2.05, 4.69) is 5.32 Å². The van der Waals surface area contributed by atoms with E-state index in [4.69, 9.17) is 4.74 Å². The summed E-state index contributed by atoms with van der Waals surface area (Å²) in [5.74, 6) is 1.19. The molecule has 1 aliphatic carbocycles. The second-order valence-corrected chi connectivity index (χ2v) is 4.25. The molecule has 0 amide bonds. The summed E-state index contributed by atoms with van der Waals surface area (Å²) in [5, 5.41) is 3.13. The van der Waals surface area contributed by atoms with Crippen molar-refractivity contribution in [3.8, 4) is 5.75 Å². The summed E-state index contributed by atoms with van der Waals surface area (Å²) in [6.07, 6.45) is 2.50. The molecule has 1 saturated carbocycles. The highest BCUT2D eigenvalue weighted by Gasteiger charge is 2.22. The van der Waals surface area contributed by atoms with Crippen molar-refractivity contribution < 1.29 is 9.13 Å². The van der Waals surface area contributed by atoms with E-state index in [0.29, 0.717) is 23.8 Å². The van der Waals surface area contributed by atoms with Crippen LogP contribution in [0.4, 0.5) is 4.39 Å². The first-order valence-electron chi connectivity index (χ1n) is 5.92. The Hall–Kier alpha value is -1.09. The lowest BCUT2D eigenvalue weighted by molar-refractivity contribution is 0.294. The number of benzene rings is 1. The highest BCUT2D eigenvalue weighted by atomic mass is 19.1. The molecular weight excluding hydrogens is 205 g/mol. The molecule has 0 atom stereocenters. The Kier molecular flexibility index (Phi) is 3.78. The Balaban J connectivity index is 2.04. The fraction of sp³-hybridized carbons (Fsp3) is 0.538. The molecule has 0 spiro atoms. The van der Waals surface area contributed by atoms with E-state index in [1.807, 2.05) is 13.0 Å². The Bertz CT molecular complexity index is 350. The minimum atomic E-state index is -0.186. The van der Waals surface area contributed by atoms with Crippen LogP contribution in [0.2, 0.25) is 0 Å². The van der Waals surface area contributed by atoms with Gasteiger partial charge in [0.1, 0.15) is 11.6 Å². The molecule has 1 N–H and O–H groups in total. The smallest absolute Gasteiger partial charge is 0.131 e. The quantitative estimate of drug-likeness (QED) is 0.800. The SMILES string of the molecule is CCNCc1c(F)cccc1OCC1CC1. The van der Waals surface area contributed by atoms with Gasteiger partial charge in [0.25, 0.3) is 0 Å². The van der Waals surface area contributed by atoms with Crippen molar-refractivity contribution in [2.24, 2.45) is 5.92 Å². The lowest BCUT2D eigenvalue weighted by Gasteiger charge is -2.12. The molecule has 2 rings (SSSR count). The number of ether oxygens (including phenoxy) is 1. The number of nitrogens with one attached hydrogen (secondary N) is 1. The lowest BCUT2D eigenvalue weighted by Crippen LogP contribution is -2.14. The monoisotopic (exact) mass is 223 g/mol. The average molecular weight is 223 g/mol. The van der Waals surface area contributed by atoms with Crippen LogP contribution in [0.15, 0.2) is 18.2 Å². The van der Waals surface area contributed by atoms with Gasteiger partial charge in [-0.3, -0.25) is 0 Å². The summed E-state index contributed by atoms with van der Waals surface area (Å²) in [6, 6.07) is 5.03. The van der Waals surface area contributed by atoms with E-state index in [-0.39, 0.29) is 5.82 Å². The van der Waals surface area contributed by atoms with Crippen LogP contribution in [0.1, 0.15) is 25.3 Å². The highest BCUT2D eigenvalue weighted by Crippen LogP contribution is 2.30. The second kappa shape index (κ2) is 5.30. The average Bonchev–Trinajstić information content (AvgIpc) is 3.09. The number of hydrogen-bond donors (Lipinski definition) is 1. The van der Waals surface area contributed by atoms with E-state index in [1.165, 1.54) is 18.9 Å². The molecule has 1 aromatic carbocycles. The number of halogens is 1. The third-order valence-electron chi connectivity index (χ3n) is 2.80. The molecule has 1 aliphatic rings. The Labute approximate surface area is 95.8 Å². The zero-order chi connectivity index (χ0) is 11.4. The van der Waals surface area contributed by atoms with Gasteiger partial charge in [-0.25, -0.2) is 4.39 Å². The van der Waals surface area contributed by atoms with Crippen LogP contribution >= 0.6 is 0 Å². The van der Waals surface area contributed by atoms with Crippen LogP contribution in [-0.2, 0) is 6.54 Å². The molecule has 88 valence electrons. The fourth-order valence-corrected chi connectivity index (χ4v) is 1.59. The van der Waals surface area contributed by atoms with E-state index >= 15 is 0 Å². The zero-order valence-electron chi connectivity index (χ0n) is 9.63. The fourth-order valence-electron chi connectivity index (χ4n) is 1.59. The molecule has 16 heavy (non-hydrogen) atoms. The van der Waals surface area contributed by atoms with Crippen LogP contribution in [0.5, 0.6) is 5.75 Å². The van der Waals surface area contributed by atoms with E-state index in [1.54, 1.807) is 6.07 Å². The molecule has 0 unspecified atom stereocenters. The third-order valence-corrected chi connectivity index (χ3v) is 2.80. The van der Waals surface area contributed by atoms with Crippen molar-refractivity contribution in [1.29, 1.82) is 0 Å². The van der Waals surface area contributed by atoms with Crippen molar-refractivity contribution in [3.05, 3.63) is 29.6 Å². The predicted octanol–water partition coefficient (Wildman–Crippen LogP) is 2.72. The largest absolute Gasteiger partial charge is 0.493 e. The highest BCUT2D eigenvalue weighted by molar-refractivity contribution is 5.34. The molecule has 0 heterocycles. The topological polar surface area (TPSA) is 21.3 Å². The maximum Gasteiger partial charge on any atom is 0.131 e. The third kappa shape index (κ3) is 2.95. The summed E-state index contributed by atoms with van der Waals surface area (Å²) >= 11 is 0. The van der Waals surface area contributed by atoms with Gasteiger partial charge in [-0.05, 0) is 37.4 Å². The Morgan fingerprint density at radius 1 is 1.44 bits per heavy atom. The van der Waals surface area contributed by atoms with E-state index in [9.17, 15) is 4.39 Å². The summed E-state index contributed by atoms with van der Waals surface area (Å²) in [4.78, 5) is 0. The van der Waals surface area contributed by atoms with Gasteiger partial charge < -0.3 is 10.1 Å². The normalized spacial score (nSPS) is 15.1. The molecule has 2 nitrogen and oxygen atoms in total. The Morgan fingerprint density at radius 3 is 2.94 bits per heavy atom. The maximum absolute atomic E-state index is 13.6. The zero-order valence-corrected chi connectivity index (χ0v) is 9.63. The predicted molar refractivity (Wildman–Crippen MR) is 62.0 cm³/mol. The van der Waals surface area contributed by atoms with Crippen molar-refractivity contribution in [3.63, 3.8) is 0 Å². The summed E-state index contributed by atoms with van der Waals surface area (Å²) in [5.41, 5.74) is 0.644. The first-order valence-corrected chi connectivity index (χ1v) is 5.92. The molecule has 0 radical (unpaired) electrons. The molecular formula is C13H18FNO. The van der Waals surface area contributed by atoms with Gasteiger partial charge in [0.05, 0.1) is 6.61 Å². The van der Waals surface area contributed by atoms with E-state index in [0.717, 1.165) is 13.2 Å². The molecule has 1 fully saturated rings. The van der Waals surface area contributed by atoms with Crippen molar-refractivity contribution in [2.45, 2.75) is 26.3 Å². The van der Waals surface area contributed by atoms with Gasteiger partial charge in [0, 0.05) is 12.1 Å². The van der Waals surface area contributed by atoms with Crippen molar-refractivity contribution >= 4 is 0 Å². The van der Waals surface area contributed by atoms with Gasteiger partial charge in [0.15, 0.2) is 0 Å². The Morgan fingerprint density at radius 2 is 2.25 bits per heavy atom. The number of hydrogen-bond acceptors (Lipinski definition) is 2. The van der Waals surface area contributed by atoms with Gasteiger partial charge >= 0.3 is 0 Å². The van der Waals surface area contributed by atoms with Gasteiger partial charge in [-0.15, -0.1) is 0 Å². The van der Waals surface area contributed by atoms with Crippen LogP contribution in [0.3, 0.4) is 0 Å². The summed E-state index contributed by atoms with van der Waals surface area (Å²) in [6.45, 7) is 4.09. The standard InChI is InChI=1S/C13H18FNO/c1-2-15-8-11-12(14)4-3-5-13(11)16-9-10-6-7-10/h3-5,10,15H,2,6-9H2,1H3. The molecule has 0 bridgehead atoms. The lowest BCUT2D eigenvalue weighted by atomic mass is 10.2. The maximum atomic E-state index is 13.6. The van der Waals surface area contributed by atoms with Gasteiger partial charge in [0.2, 0.25) is 0 Å². The van der Waals surface area contributed by atoms with Crippen LogP contribution < -0.4 is 10.1 Å². The van der Waals surface area contributed by atoms with Crippen molar-refractivity contribution in [1.82, 2.24) is 5.32 Å². The minimum absolute atomic E-state index is 0.186. The summed E-state index contributed by atoms with van der Waals surface area (Å²) < 4.78 is 19.3. The summed E-state index contributed by atoms with van der Waals surface area (Å²) in [7, 11) is 0. The first kappa shape index (κ1) is 11.4. The van der Waals surface area contributed by atoms with E-state index < -0.39 is 0 Å². The first-order chi connectivity index (χ1) is 7.81. The van der Waals surface area contributed by atoms with Crippen LogP contribution in [0, 0.1) is 11.7 Å². The molecule has 1 aromatic rings. The van der Waals surface area contributed by atoms with Crippen LogP contribution in [-0.4, -0.2) is 13.2 Å². The minimum Gasteiger partial charge on any atom is -0.493 e. The molecule has 0 aliphatic heterocycles. The van der Waals surface area contributed by atoms with Gasteiger partial charge in [-0.1, -0.05) is 13.0 Å². The van der Waals surface area contributed by atoms with Crippen molar-refractivity contribution in [2.75, 3.05) is 13.2 Å². The van der Waals surface area contributed by atoms with Gasteiger partial charge in [-0.2, -0.15) is 0 Å².